The minimum atomic E-state index is -0.213. The van der Waals surface area contributed by atoms with E-state index in [1.54, 1.807) is 0 Å². The van der Waals surface area contributed by atoms with Crippen molar-refractivity contribution in [1.29, 1.82) is 0 Å². The van der Waals surface area contributed by atoms with Gasteiger partial charge in [0.05, 0.1) is 6.04 Å². The first-order chi connectivity index (χ1) is 7.27. The maximum atomic E-state index is 6.14. The molecule has 86 valence electrons. The second kappa shape index (κ2) is 4.52. The molecule has 0 saturated heterocycles. The van der Waals surface area contributed by atoms with Crippen LogP contribution in [0.1, 0.15) is 51.9 Å². The summed E-state index contributed by atoms with van der Waals surface area (Å²) in [6.45, 7) is 2.78. The standard InChI is InChI=1S/C12H22N2O/c1-2-15-12(8-4-3-5-9-12)11(13)14-10-6-7-10/h10H,2-9H2,1H3,(H2,13,14). The van der Waals surface area contributed by atoms with E-state index in [2.05, 4.69) is 4.99 Å². The summed E-state index contributed by atoms with van der Waals surface area (Å²) in [7, 11) is 0. The molecule has 0 atom stereocenters. The monoisotopic (exact) mass is 210 g/mol. The Balaban J connectivity index is 2.08. The third-order valence-corrected chi connectivity index (χ3v) is 3.42. The Labute approximate surface area is 92.1 Å². The van der Waals surface area contributed by atoms with Crippen molar-refractivity contribution in [2.45, 2.75) is 63.5 Å². The second-order valence-electron chi connectivity index (χ2n) is 4.73. The molecule has 2 rings (SSSR count). The lowest BCUT2D eigenvalue weighted by molar-refractivity contribution is -0.0120. The van der Waals surface area contributed by atoms with Crippen LogP contribution >= 0.6 is 0 Å². The van der Waals surface area contributed by atoms with Crippen LogP contribution in [-0.4, -0.2) is 24.1 Å². The van der Waals surface area contributed by atoms with Crippen LogP contribution in [0.25, 0.3) is 0 Å². The molecule has 0 aromatic rings. The first-order valence-electron chi connectivity index (χ1n) is 6.24. The van der Waals surface area contributed by atoms with E-state index in [1.807, 2.05) is 6.92 Å². The van der Waals surface area contributed by atoms with Crippen LogP contribution in [0.15, 0.2) is 4.99 Å². The van der Waals surface area contributed by atoms with Crippen LogP contribution < -0.4 is 5.73 Å². The van der Waals surface area contributed by atoms with Crippen molar-refractivity contribution in [1.82, 2.24) is 0 Å². The quantitative estimate of drug-likeness (QED) is 0.571. The predicted octanol–water partition coefficient (Wildman–Crippen LogP) is 2.25. The van der Waals surface area contributed by atoms with Gasteiger partial charge in [-0.05, 0) is 32.6 Å². The molecular formula is C12H22N2O. The lowest BCUT2D eigenvalue weighted by Crippen LogP contribution is -2.48. The second-order valence-corrected chi connectivity index (χ2v) is 4.73. The number of ether oxygens (including phenoxy) is 1. The summed E-state index contributed by atoms with van der Waals surface area (Å²) < 4.78 is 5.91. The first-order valence-corrected chi connectivity index (χ1v) is 6.24. The molecule has 0 amide bonds. The van der Waals surface area contributed by atoms with E-state index in [0.29, 0.717) is 6.04 Å². The van der Waals surface area contributed by atoms with Crippen molar-refractivity contribution in [3.63, 3.8) is 0 Å². The molecule has 0 heterocycles. The molecular weight excluding hydrogens is 188 g/mol. The summed E-state index contributed by atoms with van der Waals surface area (Å²) in [6, 6.07) is 0.504. The Bertz CT molecular complexity index is 234. The van der Waals surface area contributed by atoms with Crippen molar-refractivity contribution in [3.8, 4) is 0 Å². The van der Waals surface area contributed by atoms with E-state index in [4.69, 9.17) is 10.5 Å². The Hall–Kier alpha value is -0.570. The van der Waals surface area contributed by atoms with Crippen LogP contribution in [-0.2, 0) is 4.74 Å². The lowest BCUT2D eigenvalue weighted by atomic mass is 9.83. The van der Waals surface area contributed by atoms with Gasteiger partial charge in [-0.1, -0.05) is 19.3 Å². The number of hydrogen-bond acceptors (Lipinski definition) is 2. The topological polar surface area (TPSA) is 47.6 Å². The average molecular weight is 210 g/mol. The predicted molar refractivity (Wildman–Crippen MR) is 62.1 cm³/mol. The molecule has 0 radical (unpaired) electrons. The zero-order chi connectivity index (χ0) is 10.7. The SMILES string of the molecule is CCOC1(C(N)=NC2CC2)CCCCC1. The van der Waals surface area contributed by atoms with Crippen molar-refractivity contribution < 1.29 is 4.74 Å². The largest absolute Gasteiger partial charge is 0.385 e. The Morgan fingerprint density at radius 2 is 2.00 bits per heavy atom. The smallest absolute Gasteiger partial charge is 0.127 e. The lowest BCUT2D eigenvalue weighted by Gasteiger charge is -2.36. The minimum absolute atomic E-state index is 0.213. The van der Waals surface area contributed by atoms with E-state index >= 15 is 0 Å². The van der Waals surface area contributed by atoms with E-state index in [0.717, 1.165) is 25.3 Å². The molecule has 0 unspecified atom stereocenters. The summed E-state index contributed by atoms with van der Waals surface area (Å²) >= 11 is 0. The van der Waals surface area contributed by atoms with E-state index in [1.165, 1.54) is 32.1 Å². The zero-order valence-electron chi connectivity index (χ0n) is 9.67. The van der Waals surface area contributed by atoms with Gasteiger partial charge in [-0.15, -0.1) is 0 Å². The fourth-order valence-electron chi connectivity index (χ4n) is 2.39. The highest BCUT2D eigenvalue weighted by molar-refractivity contribution is 5.89. The molecule has 0 aliphatic heterocycles. The van der Waals surface area contributed by atoms with Crippen LogP contribution in [0, 0.1) is 0 Å². The van der Waals surface area contributed by atoms with Crippen LogP contribution in [0.2, 0.25) is 0 Å². The maximum absolute atomic E-state index is 6.14. The molecule has 0 bridgehead atoms. The van der Waals surface area contributed by atoms with E-state index in [9.17, 15) is 0 Å². The average Bonchev–Trinajstić information content (AvgIpc) is 3.03. The van der Waals surface area contributed by atoms with Gasteiger partial charge in [0.25, 0.3) is 0 Å². The van der Waals surface area contributed by atoms with Gasteiger partial charge in [0.1, 0.15) is 11.4 Å². The normalized spacial score (nSPS) is 26.6. The number of nitrogens with zero attached hydrogens (tertiary/aromatic N) is 1. The van der Waals surface area contributed by atoms with Gasteiger partial charge in [-0.2, -0.15) is 0 Å². The maximum Gasteiger partial charge on any atom is 0.127 e. The fourth-order valence-corrected chi connectivity index (χ4v) is 2.39. The molecule has 2 aliphatic rings. The van der Waals surface area contributed by atoms with Crippen LogP contribution in [0.3, 0.4) is 0 Å². The molecule has 3 heteroatoms. The highest BCUT2D eigenvalue weighted by Gasteiger charge is 2.37. The molecule has 0 aromatic carbocycles. The van der Waals surface area contributed by atoms with Crippen molar-refractivity contribution in [3.05, 3.63) is 0 Å². The number of aliphatic imine (C=N–C) groups is 1. The molecule has 0 aromatic heterocycles. The molecule has 3 nitrogen and oxygen atoms in total. The summed E-state index contributed by atoms with van der Waals surface area (Å²) in [6.07, 6.45) is 8.30. The third kappa shape index (κ3) is 2.51. The Morgan fingerprint density at radius 1 is 1.33 bits per heavy atom. The molecule has 2 fully saturated rings. The zero-order valence-corrected chi connectivity index (χ0v) is 9.67. The van der Waals surface area contributed by atoms with Crippen molar-refractivity contribution in [2.24, 2.45) is 10.7 Å². The van der Waals surface area contributed by atoms with Gasteiger partial charge in [-0.25, -0.2) is 0 Å². The van der Waals surface area contributed by atoms with Crippen molar-refractivity contribution in [2.75, 3.05) is 6.61 Å². The van der Waals surface area contributed by atoms with Gasteiger partial charge in [0.2, 0.25) is 0 Å². The highest BCUT2D eigenvalue weighted by Crippen LogP contribution is 2.33. The van der Waals surface area contributed by atoms with E-state index < -0.39 is 0 Å². The number of hydrogen-bond donors (Lipinski definition) is 1. The summed E-state index contributed by atoms with van der Waals surface area (Å²) in [5.41, 5.74) is 5.92. The highest BCUT2D eigenvalue weighted by atomic mass is 16.5. The molecule has 2 saturated carbocycles. The van der Waals surface area contributed by atoms with Gasteiger partial charge in [0, 0.05) is 6.61 Å². The van der Waals surface area contributed by atoms with Crippen LogP contribution in [0.5, 0.6) is 0 Å². The molecule has 15 heavy (non-hydrogen) atoms. The molecule has 0 spiro atoms. The Morgan fingerprint density at radius 3 is 2.53 bits per heavy atom. The number of rotatable bonds is 4. The molecule has 2 N–H and O–H groups in total. The number of nitrogens with two attached hydrogens (primary N) is 1. The van der Waals surface area contributed by atoms with Gasteiger partial charge in [0.15, 0.2) is 0 Å². The Kier molecular flexibility index (Phi) is 3.29. The minimum Gasteiger partial charge on any atom is -0.385 e. The molecule has 2 aliphatic carbocycles. The summed E-state index contributed by atoms with van der Waals surface area (Å²) in [5, 5.41) is 0. The first kappa shape index (κ1) is 10.9. The van der Waals surface area contributed by atoms with Crippen molar-refractivity contribution >= 4 is 5.84 Å². The van der Waals surface area contributed by atoms with E-state index in [-0.39, 0.29) is 5.60 Å². The third-order valence-electron chi connectivity index (χ3n) is 3.42. The summed E-state index contributed by atoms with van der Waals surface area (Å²) in [4.78, 5) is 4.57. The number of amidine groups is 1. The fraction of sp³-hybridized carbons (Fsp3) is 0.917. The van der Waals surface area contributed by atoms with Crippen LogP contribution in [0.4, 0.5) is 0 Å². The van der Waals surface area contributed by atoms with Gasteiger partial charge in [-0.3, -0.25) is 4.99 Å². The summed E-state index contributed by atoms with van der Waals surface area (Å²) in [5.74, 6) is 0.770. The van der Waals surface area contributed by atoms with Gasteiger partial charge < -0.3 is 10.5 Å². The van der Waals surface area contributed by atoms with Gasteiger partial charge >= 0.3 is 0 Å².